The van der Waals surface area contributed by atoms with Gasteiger partial charge in [0.1, 0.15) is 5.82 Å². The Morgan fingerprint density at radius 1 is 1.32 bits per heavy atom. The zero-order valence-electron chi connectivity index (χ0n) is 11.2. The van der Waals surface area contributed by atoms with Crippen LogP contribution in [-0.4, -0.2) is 44.4 Å². The molecule has 4 nitrogen and oxygen atoms in total. The van der Waals surface area contributed by atoms with Crippen molar-refractivity contribution in [2.75, 3.05) is 38.3 Å². The lowest BCUT2D eigenvalue weighted by atomic mass is 10.1. The number of ether oxygens (including phenoxy) is 1. The first kappa shape index (κ1) is 12.4. The van der Waals surface area contributed by atoms with Gasteiger partial charge in [-0.15, -0.1) is 0 Å². The number of methoxy groups -OCH3 is 1. The third kappa shape index (κ3) is 2.55. The molecule has 0 spiro atoms. The normalized spacial score (nSPS) is 19.8. The predicted octanol–water partition coefficient (Wildman–Crippen LogP) is 1.66. The average Bonchev–Trinajstić information content (AvgIpc) is 2.48. The van der Waals surface area contributed by atoms with E-state index in [0.29, 0.717) is 6.04 Å². The second kappa shape index (κ2) is 5.55. The number of fused-ring (bicyclic) bond motifs is 1. The second-order valence-electron chi connectivity index (χ2n) is 4.87. The van der Waals surface area contributed by atoms with Crippen molar-refractivity contribution in [3.63, 3.8) is 0 Å². The predicted molar refractivity (Wildman–Crippen MR) is 77.6 cm³/mol. The molecule has 0 amide bonds. The van der Waals surface area contributed by atoms with Crippen molar-refractivity contribution in [3.8, 4) is 0 Å². The maximum absolute atomic E-state index is 5.31. The van der Waals surface area contributed by atoms with E-state index in [1.54, 1.807) is 7.11 Å². The van der Waals surface area contributed by atoms with Gasteiger partial charge < -0.3 is 15.0 Å². The molecule has 19 heavy (non-hydrogen) atoms. The molecular formula is C15H19N3O. The molecule has 1 atom stereocenters. The minimum atomic E-state index is 0.354. The lowest BCUT2D eigenvalue weighted by Crippen LogP contribution is -2.53. The van der Waals surface area contributed by atoms with E-state index in [4.69, 9.17) is 9.72 Å². The number of anilines is 1. The number of hydrogen-bond acceptors (Lipinski definition) is 4. The highest BCUT2D eigenvalue weighted by Gasteiger charge is 2.23. The van der Waals surface area contributed by atoms with Crippen LogP contribution in [0.5, 0.6) is 0 Å². The Labute approximate surface area is 113 Å². The highest BCUT2D eigenvalue weighted by atomic mass is 16.5. The highest BCUT2D eigenvalue weighted by molar-refractivity contribution is 5.80. The Hall–Kier alpha value is -1.65. The van der Waals surface area contributed by atoms with E-state index in [9.17, 15) is 0 Å². The molecule has 1 aromatic carbocycles. The number of nitrogens with one attached hydrogen (secondary N) is 1. The van der Waals surface area contributed by atoms with E-state index >= 15 is 0 Å². The van der Waals surface area contributed by atoms with Crippen LogP contribution in [0.15, 0.2) is 36.4 Å². The largest absolute Gasteiger partial charge is 0.383 e. The number of nitrogens with zero attached hydrogens (tertiary/aromatic N) is 2. The van der Waals surface area contributed by atoms with Crippen LogP contribution in [0.4, 0.5) is 5.82 Å². The number of pyridine rings is 1. The molecule has 0 radical (unpaired) electrons. The monoisotopic (exact) mass is 257 g/mol. The molecule has 1 N–H and O–H groups in total. The summed E-state index contributed by atoms with van der Waals surface area (Å²) >= 11 is 0. The van der Waals surface area contributed by atoms with Gasteiger partial charge in [0.05, 0.1) is 18.2 Å². The molecule has 1 fully saturated rings. The molecule has 100 valence electrons. The van der Waals surface area contributed by atoms with Gasteiger partial charge in [-0.25, -0.2) is 4.98 Å². The molecule has 0 saturated carbocycles. The van der Waals surface area contributed by atoms with Gasteiger partial charge in [-0.2, -0.15) is 0 Å². The molecule has 0 bridgehead atoms. The first-order valence-corrected chi connectivity index (χ1v) is 6.70. The molecule has 0 aliphatic carbocycles. The van der Waals surface area contributed by atoms with E-state index in [-0.39, 0.29) is 0 Å². The van der Waals surface area contributed by atoms with Crippen LogP contribution in [0.25, 0.3) is 10.9 Å². The molecule has 2 heterocycles. The van der Waals surface area contributed by atoms with Crippen molar-refractivity contribution in [2.45, 2.75) is 6.04 Å². The van der Waals surface area contributed by atoms with Crippen molar-refractivity contribution < 1.29 is 4.74 Å². The summed E-state index contributed by atoms with van der Waals surface area (Å²) in [5, 5.41) is 4.59. The van der Waals surface area contributed by atoms with Gasteiger partial charge in [-0.3, -0.25) is 0 Å². The van der Waals surface area contributed by atoms with Gasteiger partial charge in [-0.1, -0.05) is 18.2 Å². The van der Waals surface area contributed by atoms with Gasteiger partial charge in [-0.05, 0) is 18.2 Å². The van der Waals surface area contributed by atoms with E-state index in [0.717, 1.165) is 37.6 Å². The molecule has 3 rings (SSSR count). The van der Waals surface area contributed by atoms with Gasteiger partial charge in [0, 0.05) is 32.1 Å². The summed E-state index contributed by atoms with van der Waals surface area (Å²) in [6.07, 6.45) is 0. The van der Waals surface area contributed by atoms with Crippen LogP contribution in [0.2, 0.25) is 0 Å². The van der Waals surface area contributed by atoms with Gasteiger partial charge in [0.2, 0.25) is 0 Å². The van der Waals surface area contributed by atoms with E-state index in [1.807, 2.05) is 12.1 Å². The van der Waals surface area contributed by atoms with Crippen LogP contribution in [0.3, 0.4) is 0 Å². The molecular weight excluding hydrogens is 238 g/mol. The topological polar surface area (TPSA) is 37.4 Å². The Bertz CT molecular complexity index is 556. The number of rotatable bonds is 3. The molecule has 1 saturated heterocycles. The number of piperazine rings is 1. The van der Waals surface area contributed by atoms with Gasteiger partial charge in [0.15, 0.2) is 0 Å². The first-order chi connectivity index (χ1) is 9.38. The van der Waals surface area contributed by atoms with Crippen LogP contribution in [-0.2, 0) is 4.74 Å². The summed E-state index contributed by atoms with van der Waals surface area (Å²) in [5.41, 5.74) is 1.05. The summed E-state index contributed by atoms with van der Waals surface area (Å²) in [6, 6.07) is 12.8. The SMILES string of the molecule is COC[C@@H]1CNCCN1c1ccc2ccccc2n1. The zero-order chi connectivity index (χ0) is 13.1. The third-order valence-corrected chi connectivity index (χ3v) is 3.59. The molecule has 0 unspecified atom stereocenters. The van der Waals surface area contributed by atoms with Crippen LogP contribution >= 0.6 is 0 Å². The maximum Gasteiger partial charge on any atom is 0.129 e. The maximum atomic E-state index is 5.31. The van der Waals surface area contributed by atoms with Gasteiger partial charge in [0.25, 0.3) is 0 Å². The zero-order valence-corrected chi connectivity index (χ0v) is 11.2. The fraction of sp³-hybridized carbons (Fsp3) is 0.400. The van der Waals surface area contributed by atoms with E-state index in [2.05, 4.69) is 34.5 Å². The number of benzene rings is 1. The molecule has 2 aromatic rings. The summed E-state index contributed by atoms with van der Waals surface area (Å²) in [6.45, 7) is 3.64. The Kier molecular flexibility index (Phi) is 3.62. The highest BCUT2D eigenvalue weighted by Crippen LogP contribution is 2.20. The minimum Gasteiger partial charge on any atom is -0.383 e. The average molecular weight is 257 g/mol. The van der Waals surface area contributed by atoms with Gasteiger partial charge >= 0.3 is 0 Å². The fourth-order valence-electron chi connectivity index (χ4n) is 2.62. The van der Waals surface area contributed by atoms with E-state index in [1.165, 1.54) is 5.39 Å². The summed E-state index contributed by atoms with van der Waals surface area (Å²) in [7, 11) is 1.75. The van der Waals surface area contributed by atoms with Crippen molar-refractivity contribution >= 4 is 16.7 Å². The fourth-order valence-corrected chi connectivity index (χ4v) is 2.62. The number of para-hydroxylation sites is 1. The van der Waals surface area contributed by atoms with Crippen LogP contribution in [0, 0.1) is 0 Å². The quantitative estimate of drug-likeness (QED) is 0.907. The second-order valence-corrected chi connectivity index (χ2v) is 4.87. The number of hydrogen-bond donors (Lipinski definition) is 1. The van der Waals surface area contributed by atoms with Crippen LogP contribution < -0.4 is 10.2 Å². The standard InChI is InChI=1S/C15H19N3O/c1-19-11-13-10-16-8-9-18(13)15-7-6-12-4-2-3-5-14(12)17-15/h2-7,13,16H,8-11H2,1H3/t13-/m0/s1. The summed E-state index contributed by atoms with van der Waals surface area (Å²) in [5.74, 6) is 1.04. The Morgan fingerprint density at radius 3 is 3.11 bits per heavy atom. The lowest BCUT2D eigenvalue weighted by Gasteiger charge is -2.36. The Balaban J connectivity index is 1.92. The Morgan fingerprint density at radius 2 is 2.21 bits per heavy atom. The first-order valence-electron chi connectivity index (χ1n) is 6.70. The van der Waals surface area contributed by atoms with Crippen molar-refractivity contribution in [3.05, 3.63) is 36.4 Å². The molecule has 1 aromatic heterocycles. The molecule has 1 aliphatic rings. The van der Waals surface area contributed by atoms with Crippen molar-refractivity contribution in [2.24, 2.45) is 0 Å². The third-order valence-electron chi connectivity index (χ3n) is 3.59. The van der Waals surface area contributed by atoms with E-state index < -0.39 is 0 Å². The molecule has 1 aliphatic heterocycles. The molecule has 4 heteroatoms. The van der Waals surface area contributed by atoms with Crippen LogP contribution in [0.1, 0.15) is 0 Å². The number of aromatic nitrogens is 1. The summed E-state index contributed by atoms with van der Waals surface area (Å²) in [4.78, 5) is 7.11. The van der Waals surface area contributed by atoms with Crippen molar-refractivity contribution in [1.29, 1.82) is 0 Å². The van der Waals surface area contributed by atoms with Crippen molar-refractivity contribution in [1.82, 2.24) is 10.3 Å². The lowest BCUT2D eigenvalue weighted by molar-refractivity contribution is 0.170. The summed E-state index contributed by atoms with van der Waals surface area (Å²) < 4.78 is 5.31. The minimum absolute atomic E-state index is 0.354. The smallest absolute Gasteiger partial charge is 0.129 e.